The molecule has 7 heteroatoms. The average molecular weight is 290 g/mol. The predicted molar refractivity (Wildman–Crippen MR) is 81.0 cm³/mol. The third-order valence-electron chi connectivity index (χ3n) is 3.98. The molecule has 0 radical (unpaired) electrons. The number of hydrogen-bond acceptors (Lipinski definition) is 6. The van der Waals surface area contributed by atoms with Gasteiger partial charge in [0.1, 0.15) is 11.8 Å². The lowest BCUT2D eigenvalue weighted by molar-refractivity contribution is 0.0938. The topological polar surface area (TPSA) is 71.9 Å². The van der Waals surface area contributed by atoms with Crippen LogP contribution in [0.3, 0.4) is 0 Å². The van der Waals surface area contributed by atoms with E-state index in [0.717, 1.165) is 51.4 Å². The third kappa shape index (κ3) is 3.31. The molecule has 1 saturated heterocycles. The summed E-state index contributed by atoms with van der Waals surface area (Å²) in [4.78, 5) is 8.92. The molecule has 21 heavy (non-hydrogen) atoms. The van der Waals surface area contributed by atoms with Crippen LogP contribution in [-0.4, -0.2) is 70.8 Å². The molecule has 1 aliphatic heterocycles. The van der Waals surface area contributed by atoms with E-state index in [-0.39, 0.29) is 0 Å². The molecule has 0 saturated carbocycles. The van der Waals surface area contributed by atoms with Gasteiger partial charge in [0, 0.05) is 52.6 Å². The molecule has 0 aliphatic carbocycles. The van der Waals surface area contributed by atoms with Crippen molar-refractivity contribution in [1.82, 2.24) is 24.4 Å². The number of nitrogens with zero attached hydrogens (tertiary/aromatic N) is 5. The fourth-order valence-electron chi connectivity index (χ4n) is 2.74. The second kappa shape index (κ2) is 6.38. The van der Waals surface area contributed by atoms with Crippen molar-refractivity contribution >= 4 is 11.3 Å². The van der Waals surface area contributed by atoms with E-state index >= 15 is 0 Å². The van der Waals surface area contributed by atoms with Gasteiger partial charge in [-0.05, 0) is 11.6 Å². The van der Waals surface area contributed by atoms with Crippen LogP contribution in [0.4, 0.5) is 5.82 Å². The maximum atomic E-state index is 5.86. The van der Waals surface area contributed by atoms with Gasteiger partial charge in [-0.25, -0.2) is 9.50 Å². The number of aromatic nitrogens is 3. The quantitative estimate of drug-likeness (QED) is 0.840. The molecule has 2 aromatic heterocycles. The summed E-state index contributed by atoms with van der Waals surface area (Å²) in [7, 11) is 1.75. The zero-order chi connectivity index (χ0) is 14.7. The smallest absolute Gasteiger partial charge is 0.151 e. The second-order valence-corrected chi connectivity index (χ2v) is 5.43. The largest absolute Gasteiger partial charge is 0.383 e. The summed E-state index contributed by atoms with van der Waals surface area (Å²) < 4.78 is 6.93. The highest BCUT2D eigenvalue weighted by molar-refractivity contribution is 5.65. The first-order chi connectivity index (χ1) is 10.3. The van der Waals surface area contributed by atoms with E-state index < -0.39 is 0 Å². The van der Waals surface area contributed by atoms with Gasteiger partial charge < -0.3 is 10.5 Å². The minimum absolute atomic E-state index is 0.528. The molecule has 7 nitrogen and oxygen atoms in total. The summed E-state index contributed by atoms with van der Waals surface area (Å²) in [5, 5.41) is 4.19. The van der Waals surface area contributed by atoms with Gasteiger partial charge in [0.25, 0.3) is 0 Å². The second-order valence-electron chi connectivity index (χ2n) is 5.43. The first kappa shape index (κ1) is 14.2. The average Bonchev–Trinajstić information content (AvgIpc) is 2.91. The number of nitrogens with two attached hydrogens (primary N) is 1. The Kier molecular flexibility index (Phi) is 4.33. The molecular weight excluding hydrogens is 268 g/mol. The van der Waals surface area contributed by atoms with Crippen molar-refractivity contribution in [2.75, 3.05) is 52.2 Å². The Morgan fingerprint density at radius 1 is 1.24 bits per heavy atom. The minimum atomic E-state index is 0.528. The highest BCUT2D eigenvalue weighted by atomic mass is 16.5. The zero-order valence-electron chi connectivity index (χ0n) is 12.4. The summed E-state index contributed by atoms with van der Waals surface area (Å²) in [6.45, 7) is 7.11. The van der Waals surface area contributed by atoms with Crippen LogP contribution in [-0.2, 0) is 11.3 Å². The molecule has 0 spiro atoms. The van der Waals surface area contributed by atoms with Crippen molar-refractivity contribution in [2.24, 2.45) is 0 Å². The number of methoxy groups -OCH3 is 1. The number of hydrogen-bond donors (Lipinski definition) is 1. The fourth-order valence-corrected chi connectivity index (χ4v) is 2.74. The van der Waals surface area contributed by atoms with Crippen LogP contribution in [0, 0.1) is 0 Å². The van der Waals surface area contributed by atoms with Crippen LogP contribution in [0.2, 0.25) is 0 Å². The Balaban J connectivity index is 1.58. The van der Waals surface area contributed by atoms with Gasteiger partial charge in [-0.15, -0.1) is 0 Å². The van der Waals surface area contributed by atoms with Crippen molar-refractivity contribution < 1.29 is 4.74 Å². The Morgan fingerprint density at radius 3 is 2.71 bits per heavy atom. The lowest BCUT2D eigenvalue weighted by atomic mass is 10.2. The van der Waals surface area contributed by atoms with Crippen LogP contribution in [0.25, 0.3) is 5.52 Å². The fraction of sp³-hybridized carbons (Fsp3) is 0.571. The maximum Gasteiger partial charge on any atom is 0.151 e. The van der Waals surface area contributed by atoms with E-state index in [4.69, 9.17) is 10.5 Å². The van der Waals surface area contributed by atoms with Crippen LogP contribution < -0.4 is 5.73 Å². The third-order valence-corrected chi connectivity index (χ3v) is 3.98. The summed E-state index contributed by atoms with van der Waals surface area (Å²) in [6.07, 6.45) is 3.52. The Bertz CT molecular complexity index is 590. The summed E-state index contributed by atoms with van der Waals surface area (Å²) in [6, 6.07) is 2.08. The Labute approximate surface area is 124 Å². The molecule has 3 heterocycles. The Morgan fingerprint density at radius 2 is 2.00 bits per heavy atom. The Hall–Kier alpha value is -1.70. The molecule has 1 aliphatic rings. The summed E-state index contributed by atoms with van der Waals surface area (Å²) in [5.41, 5.74) is 7.97. The van der Waals surface area contributed by atoms with Crippen LogP contribution in [0.15, 0.2) is 18.6 Å². The van der Waals surface area contributed by atoms with Crippen molar-refractivity contribution in [3.8, 4) is 0 Å². The molecule has 1 fully saturated rings. The summed E-state index contributed by atoms with van der Waals surface area (Å²) in [5.74, 6) is 0.528. The van der Waals surface area contributed by atoms with Crippen molar-refractivity contribution in [3.05, 3.63) is 24.2 Å². The lowest BCUT2D eigenvalue weighted by Gasteiger charge is -2.34. The van der Waals surface area contributed by atoms with E-state index in [1.807, 2.05) is 6.20 Å². The number of piperazine rings is 1. The SMILES string of the molecule is COCCN1CCN(Cc2cc3c(N)ncnn3c2)CC1. The number of fused-ring (bicyclic) bond motifs is 1. The predicted octanol–water partition coefficient (Wildman–Crippen LogP) is 0.0755. The minimum Gasteiger partial charge on any atom is -0.383 e. The number of rotatable bonds is 5. The molecule has 0 aromatic carbocycles. The molecular formula is C14H22N6O. The highest BCUT2D eigenvalue weighted by Crippen LogP contribution is 2.15. The van der Waals surface area contributed by atoms with E-state index in [1.165, 1.54) is 11.9 Å². The van der Waals surface area contributed by atoms with Crippen molar-refractivity contribution in [3.63, 3.8) is 0 Å². The molecule has 0 bridgehead atoms. The van der Waals surface area contributed by atoms with Gasteiger partial charge in [-0.1, -0.05) is 0 Å². The van der Waals surface area contributed by atoms with Gasteiger partial charge in [0.2, 0.25) is 0 Å². The van der Waals surface area contributed by atoms with E-state index in [0.29, 0.717) is 5.82 Å². The molecule has 114 valence electrons. The van der Waals surface area contributed by atoms with E-state index in [9.17, 15) is 0 Å². The number of nitrogen functional groups attached to an aromatic ring is 1. The highest BCUT2D eigenvalue weighted by Gasteiger charge is 2.17. The van der Waals surface area contributed by atoms with Gasteiger partial charge in [0.05, 0.1) is 6.61 Å². The maximum absolute atomic E-state index is 5.86. The lowest BCUT2D eigenvalue weighted by Crippen LogP contribution is -2.46. The monoisotopic (exact) mass is 290 g/mol. The molecule has 0 unspecified atom stereocenters. The molecule has 3 rings (SSSR count). The molecule has 0 atom stereocenters. The number of ether oxygens (including phenoxy) is 1. The molecule has 2 N–H and O–H groups in total. The normalized spacial score (nSPS) is 17.6. The van der Waals surface area contributed by atoms with Gasteiger partial charge in [-0.2, -0.15) is 5.10 Å². The summed E-state index contributed by atoms with van der Waals surface area (Å²) >= 11 is 0. The van der Waals surface area contributed by atoms with Gasteiger partial charge >= 0.3 is 0 Å². The van der Waals surface area contributed by atoms with E-state index in [1.54, 1.807) is 11.6 Å². The standard InChI is InChI=1S/C14H22N6O/c1-21-7-6-18-2-4-19(5-3-18)9-12-8-13-14(15)16-11-17-20(13)10-12/h8,10-11H,2-7,9H2,1H3,(H2,15,16,17). The first-order valence-electron chi connectivity index (χ1n) is 7.27. The van der Waals surface area contributed by atoms with Crippen LogP contribution >= 0.6 is 0 Å². The van der Waals surface area contributed by atoms with Gasteiger partial charge in [-0.3, -0.25) is 9.80 Å². The molecule has 2 aromatic rings. The first-order valence-corrected chi connectivity index (χ1v) is 7.27. The van der Waals surface area contributed by atoms with Crippen molar-refractivity contribution in [2.45, 2.75) is 6.54 Å². The van der Waals surface area contributed by atoms with Gasteiger partial charge in [0.15, 0.2) is 5.82 Å². The van der Waals surface area contributed by atoms with Crippen LogP contribution in [0.5, 0.6) is 0 Å². The van der Waals surface area contributed by atoms with Crippen molar-refractivity contribution in [1.29, 1.82) is 0 Å². The molecule has 0 amide bonds. The van der Waals surface area contributed by atoms with E-state index in [2.05, 4.69) is 25.9 Å². The number of anilines is 1. The zero-order valence-corrected chi connectivity index (χ0v) is 12.4. The van der Waals surface area contributed by atoms with Crippen LogP contribution in [0.1, 0.15) is 5.56 Å².